The monoisotopic (exact) mass is 447 g/mol. The number of benzene rings is 3. The van der Waals surface area contributed by atoms with E-state index < -0.39 is 15.9 Å². The van der Waals surface area contributed by atoms with Crippen molar-refractivity contribution in [3.8, 4) is 0 Å². The van der Waals surface area contributed by atoms with Crippen molar-refractivity contribution in [2.24, 2.45) is 0 Å². The quantitative estimate of drug-likeness (QED) is 0.496. The normalized spacial score (nSPS) is 15.7. The lowest BCUT2D eigenvalue weighted by molar-refractivity contribution is 0.102. The first-order chi connectivity index (χ1) is 15.3. The minimum Gasteiger partial charge on any atom is -0.441 e. The van der Waals surface area contributed by atoms with Crippen LogP contribution in [0.5, 0.6) is 0 Å². The van der Waals surface area contributed by atoms with Crippen LogP contribution in [0.15, 0.2) is 76.0 Å². The van der Waals surface area contributed by atoms with Gasteiger partial charge in [0.1, 0.15) is 5.52 Å². The van der Waals surface area contributed by atoms with Crippen LogP contribution in [0, 0.1) is 6.92 Å². The van der Waals surface area contributed by atoms with Gasteiger partial charge in [-0.1, -0.05) is 24.3 Å². The Balaban J connectivity index is 1.44. The van der Waals surface area contributed by atoms with Crippen LogP contribution in [0.1, 0.15) is 28.7 Å². The Hall–Kier alpha value is -3.65. The van der Waals surface area contributed by atoms with Gasteiger partial charge in [0.25, 0.3) is 15.9 Å². The van der Waals surface area contributed by atoms with Gasteiger partial charge >= 0.3 is 0 Å². The first-order valence-corrected chi connectivity index (χ1v) is 11.7. The van der Waals surface area contributed by atoms with E-state index in [0.29, 0.717) is 34.8 Å². The van der Waals surface area contributed by atoms with Gasteiger partial charge in [0.05, 0.1) is 10.6 Å². The fourth-order valence-electron chi connectivity index (χ4n) is 4.14. The highest BCUT2D eigenvalue weighted by molar-refractivity contribution is 7.92. The molecule has 4 aromatic rings. The van der Waals surface area contributed by atoms with Crippen molar-refractivity contribution in [3.63, 3.8) is 0 Å². The standard InChI is InChI=1S/C24H21N3O4S/c1-15-12-17-6-3-4-9-22(17)27(15)32(29,30)20-8-5-7-18(13-20)24(28)26-19-10-11-23-21(14-19)25-16(2)31-23/h3-11,13-15H,12H2,1-2H3,(H,26,28)/t15-/m0/s1. The number of nitrogens with zero attached hydrogens (tertiary/aromatic N) is 2. The van der Waals surface area contributed by atoms with E-state index in [2.05, 4.69) is 10.3 Å². The molecule has 8 heteroatoms. The van der Waals surface area contributed by atoms with E-state index in [0.717, 1.165) is 5.56 Å². The van der Waals surface area contributed by atoms with Crippen LogP contribution in [-0.2, 0) is 16.4 Å². The molecular formula is C24H21N3O4S. The van der Waals surface area contributed by atoms with Crippen LogP contribution >= 0.6 is 0 Å². The lowest BCUT2D eigenvalue weighted by atomic mass is 10.1. The highest BCUT2D eigenvalue weighted by Gasteiger charge is 2.36. The lowest BCUT2D eigenvalue weighted by Gasteiger charge is -2.24. The summed E-state index contributed by atoms with van der Waals surface area (Å²) in [7, 11) is -3.83. The second kappa shape index (κ2) is 7.49. The summed E-state index contributed by atoms with van der Waals surface area (Å²) in [5, 5.41) is 2.80. The molecule has 0 spiro atoms. The molecule has 1 N–H and O–H groups in total. The summed E-state index contributed by atoms with van der Waals surface area (Å²) in [6.45, 7) is 3.64. The summed E-state index contributed by atoms with van der Waals surface area (Å²) < 4.78 is 33.8. The van der Waals surface area contributed by atoms with Crippen molar-refractivity contribution < 1.29 is 17.6 Å². The number of hydrogen-bond donors (Lipinski definition) is 1. The van der Waals surface area contributed by atoms with E-state index in [-0.39, 0.29) is 16.5 Å². The Morgan fingerprint density at radius 3 is 2.75 bits per heavy atom. The van der Waals surface area contributed by atoms with Gasteiger partial charge in [-0.25, -0.2) is 13.4 Å². The zero-order chi connectivity index (χ0) is 22.5. The third-order valence-corrected chi connectivity index (χ3v) is 7.47. The molecule has 32 heavy (non-hydrogen) atoms. The van der Waals surface area contributed by atoms with Crippen LogP contribution in [0.3, 0.4) is 0 Å². The zero-order valence-corrected chi connectivity index (χ0v) is 18.4. The summed E-state index contributed by atoms with van der Waals surface area (Å²) in [5.41, 5.74) is 3.75. The second-order valence-corrected chi connectivity index (χ2v) is 9.69. The Bertz CT molecular complexity index is 1460. The summed E-state index contributed by atoms with van der Waals surface area (Å²) in [4.78, 5) is 17.2. The highest BCUT2D eigenvalue weighted by Crippen LogP contribution is 2.36. The number of carbonyl (C=O) groups excluding carboxylic acids is 1. The number of anilines is 2. The molecule has 0 saturated heterocycles. The molecule has 0 radical (unpaired) electrons. The number of hydrogen-bond acceptors (Lipinski definition) is 5. The predicted octanol–water partition coefficient (Wildman–Crippen LogP) is 4.53. The number of fused-ring (bicyclic) bond motifs is 2. The fourth-order valence-corrected chi connectivity index (χ4v) is 5.88. The largest absolute Gasteiger partial charge is 0.441 e. The van der Waals surface area contributed by atoms with Crippen LogP contribution in [0.2, 0.25) is 0 Å². The number of nitrogens with one attached hydrogen (secondary N) is 1. The molecule has 7 nitrogen and oxygen atoms in total. The molecule has 1 aliphatic heterocycles. The van der Waals surface area contributed by atoms with Gasteiger partial charge in [-0.3, -0.25) is 9.10 Å². The van der Waals surface area contributed by atoms with Gasteiger partial charge in [0.2, 0.25) is 0 Å². The van der Waals surface area contributed by atoms with Gasteiger partial charge in [0.15, 0.2) is 11.5 Å². The molecule has 162 valence electrons. The maximum atomic E-state index is 13.5. The molecule has 2 heterocycles. The summed E-state index contributed by atoms with van der Waals surface area (Å²) in [5.74, 6) is 0.135. The van der Waals surface area contributed by atoms with E-state index in [9.17, 15) is 13.2 Å². The maximum Gasteiger partial charge on any atom is 0.264 e. The van der Waals surface area contributed by atoms with Crippen molar-refractivity contribution in [1.29, 1.82) is 0 Å². The van der Waals surface area contributed by atoms with E-state index in [4.69, 9.17) is 4.42 Å². The maximum absolute atomic E-state index is 13.5. The van der Waals surface area contributed by atoms with Crippen LogP contribution in [0.25, 0.3) is 11.1 Å². The average molecular weight is 448 g/mol. The van der Waals surface area contributed by atoms with Gasteiger partial charge in [0, 0.05) is 24.2 Å². The molecule has 0 aliphatic carbocycles. The fraction of sp³-hybridized carbons (Fsp3) is 0.167. The SMILES string of the molecule is Cc1nc2cc(NC(=O)c3cccc(S(=O)(=O)N4c5ccccc5C[C@@H]4C)c3)ccc2o1. The number of sulfonamides is 1. The summed E-state index contributed by atoms with van der Waals surface area (Å²) in [6.07, 6.45) is 0.652. The Kier molecular flexibility index (Phi) is 4.74. The second-order valence-electron chi connectivity index (χ2n) is 7.88. The summed E-state index contributed by atoms with van der Waals surface area (Å²) >= 11 is 0. The first-order valence-electron chi connectivity index (χ1n) is 10.2. The molecule has 1 amide bonds. The van der Waals surface area contributed by atoms with Crippen molar-refractivity contribution in [2.45, 2.75) is 31.2 Å². The minimum atomic E-state index is -3.83. The van der Waals surface area contributed by atoms with Gasteiger partial charge in [-0.15, -0.1) is 0 Å². The molecular weight excluding hydrogens is 426 g/mol. The third kappa shape index (κ3) is 3.42. The number of aryl methyl sites for hydroxylation is 1. The molecule has 0 fully saturated rings. The van der Waals surface area contributed by atoms with Crippen molar-refractivity contribution in [3.05, 3.63) is 83.7 Å². The molecule has 0 unspecified atom stereocenters. The van der Waals surface area contributed by atoms with E-state index in [1.807, 2.05) is 31.2 Å². The van der Waals surface area contributed by atoms with E-state index in [1.54, 1.807) is 37.3 Å². The van der Waals surface area contributed by atoms with Gasteiger partial charge < -0.3 is 9.73 Å². The van der Waals surface area contributed by atoms with Crippen molar-refractivity contribution >= 4 is 38.4 Å². The molecule has 1 atom stereocenters. The van der Waals surface area contributed by atoms with E-state index in [1.165, 1.54) is 16.4 Å². The van der Waals surface area contributed by atoms with Crippen molar-refractivity contribution in [2.75, 3.05) is 9.62 Å². The smallest absolute Gasteiger partial charge is 0.264 e. The Morgan fingerprint density at radius 1 is 1.09 bits per heavy atom. The number of rotatable bonds is 4. The van der Waals surface area contributed by atoms with Crippen molar-refractivity contribution in [1.82, 2.24) is 4.98 Å². The number of amides is 1. The van der Waals surface area contributed by atoms with Gasteiger partial charge in [-0.05, 0) is 61.4 Å². The van der Waals surface area contributed by atoms with Gasteiger partial charge in [-0.2, -0.15) is 0 Å². The minimum absolute atomic E-state index is 0.0799. The number of carbonyl (C=O) groups is 1. The number of oxazole rings is 1. The predicted molar refractivity (Wildman–Crippen MR) is 122 cm³/mol. The topological polar surface area (TPSA) is 92.5 Å². The molecule has 3 aromatic carbocycles. The third-order valence-electron chi connectivity index (χ3n) is 5.55. The number of aromatic nitrogens is 1. The Morgan fingerprint density at radius 2 is 1.91 bits per heavy atom. The Labute approximate surface area is 185 Å². The highest BCUT2D eigenvalue weighted by atomic mass is 32.2. The first kappa shape index (κ1) is 20.3. The summed E-state index contributed by atoms with van der Waals surface area (Å²) in [6, 6.07) is 18.6. The zero-order valence-electron chi connectivity index (χ0n) is 17.6. The average Bonchev–Trinajstić information content (AvgIpc) is 3.31. The molecule has 1 aliphatic rings. The molecule has 5 rings (SSSR count). The lowest BCUT2D eigenvalue weighted by Crippen LogP contribution is -2.35. The van der Waals surface area contributed by atoms with Crippen LogP contribution in [-0.4, -0.2) is 25.4 Å². The number of para-hydroxylation sites is 1. The molecule has 0 saturated carbocycles. The molecule has 1 aromatic heterocycles. The molecule has 0 bridgehead atoms. The van der Waals surface area contributed by atoms with Crippen LogP contribution in [0.4, 0.5) is 11.4 Å². The van der Waals surface area contributed by atoms with E-state index >= 15 is 0 Å². The van der Waals surface area contributed by atoms with Crippen LogP contribution < -0.4 is 9.62 Å².